The first kappa shape index (κ1) is 11.3. The third kappa shape index (κ3) is 5.05. The molecule has 0 aromatic carbocycles. The number of carboxylic acids is 1. The van der Waals surface area contributed by atoms with Crippen molar-refractivity contribution in [2.75, 3.05) is 12.0 Å². The van der Waals surface area contributed by atoms with Gasteiger partial charge in [0.05, 0.1) is 5.75 Å². The van der Waals surface area contributed by atoms with Crippen LogP contribution in [-0.4, -0.2) is 37.5 Å². The SMILES string of the molecule is CS(=O)(=O)CCC(NN)C(=O)O. The molecule has 6 nitrogen and oxygen atoms in total. The maximum absolute atomic E-state index is 10.6. The summed E-state index contributed by atoms with van der Waals surface area (Å²) in [7, 11) is -3.12. The number of carbonyl (C=O) groups is 1. The average molecular weight is 196 g/mol. The van der Waals surface area contributed by atoms with Gasteiger partial charge in [0.15, 0.2) is 0 Å². The Labute approximate surface area is 70.6 Å². The van der Waals surface area contributed by atoms with Crippen LogP contribution in [0.4, 0.5) is 0 Å². The van der Waals surface area contributed by atoms with Gasteiger partial charge in [-0.15, -0.1) is 0 Å². The lowest BCUT2D eigenvalue weighted by molar-refractivity contribution is -0.139. The van der Waals surface area contributed by atoms with E-state index in [4.69, 9.17) is 10.9 Å². The lowest BCUT2D eigenvalue weighted by atomic mass is 10.2. The van der Waals surface area contributed by atoms with Gasteiger partial charge >= 0.3 is 5.97 Å². The van der Waals surface area contributed by atoms with Gasteiger partial charge in [-0.05, 0) is 6.42 Å². The molecule has 0 aliphatic heterocycles. The predicted molar refractivity (Wildman–Crippen MR) is 43.1 cm³/mol. The van der Waals surface area contributed by atoms with Gasteiger partial charge in [0, 0.05) is 6.26 Å². The second kappa shape index (κ2) is 4.39. The topological polar surface area (TPSA) is 109 Å². The summed E-state index contributed by atoms with van der Waals surface area (Å²) in [5.74, 6) is 3.54. The van der Waals surface area contributed by atoms with Crippen molar-refractivity contribution in [3.05, 3.63) is 0 Å². The highest BCUT2D eigenvalue weighted by Crippen LogP contribution is 1.95. The van der Waals surface area contributed by atoms with E-state index >= 15 is 0 Å². The Hall–Kier alpha value is -0.660. The van der Waals surface area contributed by atoms with E-state index in [-0.39, 0.29) is 12.2 Å². The molecule has 4 N–H and O–H groups in total. The van der Waals surface area contributed by atoms with Crippen LogP contribution in [0, 0.1) is 0 Å². The molecule has 0 saturated heterocycles. The summed E-state index contributed by atoms with van der Waals surface area (Å²) in [6, 6.07) is -1.00. The summed E-state index contributed by atoms with van der Waals surface area (Å²) in [5, 5.41) is 8.43. The number of sulfone groups is 1. The fourth-order valence-corrected chi connectivity index (χ4v) is 1.27. The van der Waals surface area contributed by atoms with Crippen molar-refractivity contribution in [2.24, 2.45) is 5.84 Å². The van der Waals surface area contributed by atoms with Crippen LogP contribution >= 0.6 is 0 Å². The monoisotopic (exact) mass is 196 g/mol. The first-order chi connectivity index (χ1) is 5.37. The van der Waals surface area contributed by atoms with Gasteiger partial charge in [0.1, 0.15) is 15.9 Å². The van der Waals surface area contributed by atoms with Crippen molar-refractivity contribution < 1.29 is 18.3 Å². The van der Waals surface area contributed by atoms with Crippen LogP contribution in [0.25, 0.3) is 0 Å². The van der Waals surface area contributed by atoms with E-state index in [1.165, 1.54) is 0 Å². The molecule has 1 atom stereocenters. The van der Waals surface area contributed by atoms with Crippen molar-refractivity contribution >= 4 is 15.8 Å². The third-order valence-corrected chi connectivity index (χ3v) is 2.25. The summed E-state index contributed by atoms with van der Waals surface area (Å²) in [5.41, 5.74) is 2.01. The van der Waals surface area contributed by atoms with Crippen LogP contribution in [0.1, 0.15) is 6.42 Å². The Kier molecular flexibility index (Phi) is 4.15. The predicted octanol–water partition coefficient (Wildman–Crippen LogP) is -1.66. The molecule has 0 aromatic rings. The largest absolute Gasteiger partial charge is 0.480 e. The van der Waals surface area contributed by atoms with Crippen molar-refractivity contribution in [1.29, 1.82) is 0 Å². The first-order valence-corrected chi connectivity index (χ1v) is 5.29. The minimum atomic E-state index is -3.12. The van der Waals surface area contributed by atoms with Crippen molar-refractivity contribution in [2.45, 2.75) is 12.5 Å². The molecule has 0 spiro atoms. The fourth-order valence-electron chi connectivity index (χ4n) is 0.610. The average Bonchev–Trinajstić information content (AvgIpc) is 1.85. The molecule has 0 radical (unpaired) electrons. The molecule has 0 amide bonds. The van der Waals surface area contributed by atoms with Gasteiger partial charge in [0.25, 0.3) is 0 Å². The zero-order chi connectivity index (χ0) is 9.78. The van der Waals surface area contributed by atoms with E-state index in [0.717, 1.165) is 6.26 Å². The van der Waals surface area contributed by atoms with Crippen LogP contribution < -0.4 is 11.3 Å². The minimum absolute atomic E-state index is 0.0231. The van der Waals surface area contributed by atoms with Crippen molar-refractivity contribution in [3.63, 3.8) is 0 Å². The maximum atomic E-state index is 10.6. The standard InChI is InChI=1S/C5H12N2O4S/c1-12(10,11)3-2-4(7-6)5(8)9/h4,7H,2-3,6H2,1H3,(H,8,9). The van der Waals surface area contributed by atoms with E-state index in [2.05, 4.69) is 0 Å². The Morgan fingerprint density at radius 3 is 2.42 bits per heavy atom. The molecular formula is C5H12N2O4S. The van der Waals surface area contributed by atoms with Crippen molar-refractivity contribution in [1.82, 2.24) is 5.43 Å². The number of hydrogen-bond acceptors (Lipinski definition) is 5. The van der Waals surface area contributed by atoms with Crippen LogP contribution in [0.15, 0.2) is 0 Å². The summed E-state index contributed by atoms with van der Waals surface area (Å²) in [6.45, 7) is 0. The summed E-state index contributed by atoms with van der Waals surface area (Å²) >= 11 is 0. The Bertz CT molecular complexity index is 248. The van der Waals surface area contributed by atoms with E-state index in [0.29, 0.717) is 0 Å². The molecule has 72 valence electrons. The van der Waals surface area contributed by atoms with E-state index in [9.17, 15) is 13.2 Å². The number of hydrogen-bond donors (Lipinski definition) is 3. The zero-order valence-corrected chi connectivity index (χ0v) is 7.47. The minimum Gasteiger partial charge on any atom is -0.480 e. The molecule has 0 saturated carbocycles. The Morgan fingerprint density at radius 1 is 1.67 bits per heavy atom. The molecule has 1 unspecified atom stereocenters. The van der Waals surface area contributed by atoms with Crippen LogP contribution in [0.5, 0.6) is 0 Å². The van der Waals surface area contributed by atoms with E-state index in [1.807, 2.05) is 5.43 Å². The molecule has 0 bridgehead atoms. The van der Waals surface area contributed by atoms with Gasteiger partial charge < -0.3 is 5.11 Å². The normalized spacial score (nSPS) is 14.2. The summed E-state index contributed by atoms with van der Waals surface area (Å²) in [6.07, 6.45) is 1.02. The molecule has 0 aliphatic rings. The van der Waals surface area contributed by atoms with Gasteiger partial charge in [-0.3, -0.25) is 10.6 Å². The summed E-state index contributed by atoms with van der Waals surface area (Å²) < 4.78 is 21.2. The molecule has 12 heavy (non-hydrogen) atoms. The first-order valence-electron chi connectivity index (χ1n) is 3.23. The fraction of sp³-hybridized carbons (Fsp3) is 0.800. The number of hydrazine groups is 1. The lowest BCUT2D eigenvalue weighted by Crippen LogP contribution is -2.42. The van der Waals surface area contributed by atoms with Gasteiger partial charge in [-0.2, -0.15) is 0 Å². The van der Waals surface area contributed by atoms with E-state index < -0.39 is 21.8 Å². The maximum Gasteiger partial charge on any atom is 0.322 e. The summed E-state index contributed by atoms with van der Waals surface area (Å²) in [4.78, 5) is 10.3. The Morgan fingerprint density at radius 2 is 2.17 bits per heavy atom. The molecule has 0 aliphatic carbocycles. The van der Waals surface area contributed by atoms with Gasteiger partial charge in [0.2, 0.25) is 0 Å². The van der Waals surface area contributed by atoms with Crippen LogP contribution in [-0.2, 0) is 14.6 Å². The van der Waals surface area contributed by atoms with Crippen LogP contribution in [0.3, 0.4) is 0 Å². The lowest BCUT2D eigenvalue weighted by Gasteiger charge is -2.08. The second-order valence-electron chi connectivity index (χ2n) is 2.48. The van der Waals surface area contributed by atoms with Crippen molar-refractivity contribution in [3.8, 4) is 0 Å². The molecule has 7 heteroatoms. The van der Waals surface area contributed by atoms with Gasteiger partial charge in [-0.25, -0.2) is 13.8 Å². The molecule has 0 aromatic heterocycles. The number of rotatable bonds is 5. The smallest absolute Gasteiger partial charge is 0.322 e. The zero-order valence-electron chi connectivity index (χ0n) is 6.65. The third-order valence-electron chi connectivity index (χ3n) is 1.28. The molecule has 0 fully saturated rings. The number of carboxylic acid groups (broad SMARTS) is 1. The Balaban J connectivity index is 3.98. The van der Waals surface area contributed by atoms with E-state index in [1.54, 1.807) is 0 Å². The number of aliphatic carboxylic acids is 1. The second-order valence-corrected chi connectivity index (χ2v) is 4.74. The van der Waals surface area contributed by atoms with Gasteiger partial charge in [-0.1, -0.05) is 0 Å². The van der Waals surface area contributed by atoms with Crippen LogP contribution in [0.2, 0.25) is 0 Å². The molecule has 0 heterocycles. The molecule has 0 rings (SSSR count). The highest BCUT2D eigenvalue weighted by molar-refractivity contribution is 7.90. The highest BCUT2D eigenvalue weighted by Gasteiger charge is 2.17. The highest BCUT2D eigenvalue weighted by atomic mass is 32.2. The molecular weight excluding hydrogens is 184 g/mol. The number of nitrogens with two attached hydrogens (primary N) is 1. The number of nitrogens with one attached hydrogen (secondary N) is 1. The quantitative estimate of drug-likeness (QED) is 0.358.